The quantitative estimate of drug-likeness (QED) is 0.821. The third-order valence-electron chi connectivity index (χ3n) is 2.59. The van der Waals surface area contributed by atoms with Crippen molar-refractivity contribution in [2.24, 2.45) is 5.92 Å². The van der Waals surface area contributed by atoms with Crippen molar-refractivity contribution in [2.75, 3.05) is 19.0 Å². The number of anilines is 1. The van der Waals surface area contributed by atoms with E-state index >= 15 is 0 Å². The normalized spacial score (nSPS) is 11.6. The third-order valence-corrected chi connectivity index (χ3v) is 2.59. The van der Waals surface area contributed by atoms with Crippen LogP contribution in [0.4, 0.5) is 14.9 Å². The molecule has 1 aromatic carbocycles. The number of hydrogen-bond acceptors (Lipinski definition) is 3. The van der Waals surface area contributed by atoms with Crippen molar-refractivity contribution >= 4 is 17.7 Å². The molecular formula is C13H17FN2O3. The summed E-state index contributed by atoms with van der Waals surface area (Å²) in [6.45, 7) is 3.42. The van der Waals surface area contributed by atoms with Gasteiger partial charge in [-0.2, -0.15) is 0 Å². The van der Waals surface area contributed by atoms with Crippen LogP contribution in [0.3, 0.4) is 0 Å². The lowest BCUT2D eigenvalue weighted by molar-refractivity contribution is -0.144. The standard InChI is InChI=1S/C13H17FN2O3/c1-8-6-10(4-5-11(8)14)16-13(18)15-7-9(2)12(17)19-3/h4-6,9H,7H2,1-3H3,(H2,15,16,18)/t9-/m0/s1. The van der Waals surface area contributed by atoms with Gasteiger partial charge in [0.1, 0.15) is 5.82 Å². The molecule has 0 saturated carbocycles. The first kappa shape index (κ1) is 14.9. The lowest BCUT2D eigenvalue weighted by Gasteiger charge is -2.11. The Kier molecular flexibility index (Phi) is 5.29. The van der Waals surface area contributed by atoms with E-state index in [0.29, 0.717) is 11.3 Å². The van der Waals surface area contributed by atoms with Crippen molar-refractivity contribution in [3.8, 4) is 0 Å². The van der Waals surface area contributed by atoms with Gasteiger partial charge < -0.3 is 15.4 Å². The maximum Gasteiger partial charge on any atom is 0.319 e. The van der Waals surface area contributed by atoms with Crippen LogP contribution in [0.2, 0.25) is 0 Å². The highest BCUT2D eigenvalue weighted by Crippen LogP contribution is 2.13. The van der Waals surface area contributed by atoms with Gasteiger partial charge in [0.2, 0.25) is 0 Å². The number of urea groups is 1. The molecule has 0 aliphatic heterocycles. The van der Waals surface area contributed by atoms with Crippen LogP contribution in [0, 0.1) is 18.7 Å². The molecule has 0 aliphatic rings. The van der Waals surface area contributed by atoms with E-state index in [-0.39, 0.29) is 12.4 Å². The summed E-state index contributed by atoms with van der Waals surface area (Å²) in [7, 11) is 1.29. The fourth-order valence-corrected chi connectivity index (χ4v) is 1.43. The summed E-state index contributed by atoms with van der Waals surface area (Å²) < 4.78 is 17.6. The Hall–Kier alpha value is -2.11. The van der Waals surface area contributed by atoms with Crippen LogP contribution in [0.5, 0.6) is 0 Å². The summed E-state index contributed by atoms with van der Waals surface area (Å²) in [6, 6.07) is 3.81. The van der Waals surface area contributed by atoms with E-state index < -0.39 is 17.9 Å². The third kappa shape index (κ3) is 4.57. The minimum Gasteiger partial charge on any atom is -0.469 e. The topological polar surface area (TPSA) is 67.4 Å². The van der Waals surface area contributed by atoms with Crippen LogP contribution < -0.4 is 10.6 Å². The molecule has 0 radical (unpaired) electrons. The molecule has 0 bridgehead atoms. The Labute approximate surface area is 111 Å². The van der Waals surface area contributed by atoms with Crippen LogP contribution in [-0.4, -0.2) is 25.7 Å². The molecule has 2 N–H and O–H groups in total. The number of methoxy groups -OCH3 is 1. The first-order valence-corrected chi connectivity index (χ1v) is 5.83. The number of esters is 1. The zero-order valence-electron chi connectivity index (χ0n) is 11.1. The van der Waals surface area contributed by atoms with Crippen molar-refractivity contribution < 1.29 is 18.7 Å². The number of rotatable bonds is 4. The number of ether oxygens (including phenoxy) is 1. The molecule has 1 rings (SSSR count). The monoisotopic (exact) mass is 268 g/mol. The molecule has 1 atom stereocenters. The minimum atomic E-state index is -0.457. The number of carbonyl (C=O) groups is 2. The summed E-state index contributed by atoms with van der Waals surface area (Å²) in [5, 5.41) is 5.09. The van der Waals surface area contributed by atoms with Crippen molar-refractivity contribution in [1.82, 2.24) is 5.32 Å². The van der Waals surface area contributed by atoms with Crippen molar-refractivity contribution in [1.29, 1.82) is 0 Å². The molecule has 104 valence electrons. The van der Waals surface area contributed by atoms with Crippen LogP contribution in [0.25, 0.3) is 0 Å². The lowest BCUT2D eigenvalue weighted by atomic mass is 10.2. The summed E-state index contributed by atoms with van der Waals surface area (Å²) in [4.78, 5) is 22.7. The van der Waals surface area contributed by atoms with Gasteiger partial charge in [0.25, 0.3) is 0 Å². The average Bonchev–Trinajstić information content (AvgIpc) is 2.39. The Morgan fingerprint density at radius 2 is 2.11 bits per heavy atom. The number of benzene rings is 1. The summed E-state index contributed by atoms with van der Waals surface area (Å²) >= 11 is 0. The molecular weight excluding hydrogens is 251 g/mol. The van der Waals surface area contributed by atoms with Crippen LogP contribution in [-0.2, 0) is 9.53 Å². The molecule has 1 aromatic rings. The van der Waals surface area contributed by atoms with Gasteiger partial charge in [-0.15, -0.1) is 0 Å². The molecule has 0 aliphatic carbocycles. The highest BCUT2D eigenvalue weighted by atomic mass is 19.1. The highest BCUT2D eigenvalue weighted by Gasteiger charge is 2.14. The Balaban J connectivity index is 2.47. The van der Waals surface area contributed by atoms with Crippen molar-refractivity contribution in [3.63, 3.8) is 0 Å². The van der Waals surface area contributed by atoms with E-state index in [4.69, 9.17) is 0 Å². The van der Waals surface area contributed by atoms with Gasteiger partial charge in [0.05, 0.1) is 13.0 Å². The van der Waals surface area contributed by atoms with Gasteiger partial charge >= 0.3 is 12.0 Å². The van der Waals surface area contributed by atoms with Crippen molar-refractivity contribution in [3.05, 3.63) is 29.6 Å². The van der Waals surface area contributed by atoms with Gasteiger partial charge in [-0.25, -0.2) is 9.18 Å². The highest BCUT2D eigenvalue weighted by molar-refractivity contribution is 5.89. The number of amides is 2. The number of nitrogens with one attached hydrogen (secondary N) is 2. The number of hydrogen-bond donors (Lipinski definition) is 2. The predicted molar refractivity (Wildman–Crippen MR) is 69.3 cm³/mol. The van der Waals surface area contributed by atoms with E-state index in [2.05, 4.69) is 15.4 Å². The molecule has 0 fully saturated rings. The van der Waals surface area contributed by atoms with E-state index in [1.54, 1.807) is 13.8 Å². The van der Waals surface area contributed by atoms with E-state index in [1.165, 1.54) is 25.3 Å². The largest absolute Gasteiger partial charge is 0.469 e. The molecule has 2 amide bonds. The fraction of sp³-hybridized carbons (Fsp3) is 0.385. The SMILES string of the molecule is COC(=O)[C@@H](C)CNC(=O)Nc1ccc(F)c(C)c1. The minimum absolute atomic E-state index is 0.165. The second-order valence-electron chi connectivity index (χ2n) is 4.22. The first-order chi connectivity index (χ1) is 8.93. The van der Waals surface area contributed by atoms with Gasteiger partial charge in [-0.1, -0.05) is 6.92 Å². The number of aryl methyl sites for hydroxylation is 1. The maximum atomic E-state index is 13.0. The lowest BCUT2D eigenvalue weighted by Crippen LogP contribution is -2.35. The summed E-state index contributed by atoms with van der Waals surface area (Å²) in [5.74, 6) is -1.14. The second kappa shape index (κ2) is 6.72. The Bertz CT molecular complexity index is 477. The van der Waals surface area contributed by atoms with Gasteiger partial charge in [0.15, 0.2) is 0 Å². The molecule has 0 saturated heterocycles. The van der Waals surface area contributed by atoms with Crippen LogP contribution in [0.15, 0.2) is 18.2 Å². The molecule has 0 heterocycles. The number of carbonyl (C=O) groups excluding carboxylic acids is 2. The van der Waals surface area contributed by atoms with E-state index in [1.807, 2.05) is 0 Å². The Morgan fingerprint density at radius 1 is 1.42 bits per heavy atom. The van der Waals surface area contributed by atoms with Crippen LogP contribution >= 0.6 is 0 Å². The van der Waals surface area contributed by atoms with Gasteiger partial charge in [-0.3, -0.25) is 4.79 Å². The average molecular weight is 268 g/mol. The van der Waals surface area contributed by atoms with Crippen molar-refractivity contribution in [2.45, 2.75) is 13.8 Å². The summed E-state index contributed by atoms with van der Waals surface area (Å²) in [5.41, 5.74) is 0.933. The van der Waals surface area contributed by atoms with E-state index in [0.717, 1.165) is 0 Å². The zero-order valence-corrected chi connectivity index (χ0v) is 11.1. The van der Waals surface area contributed by atoms with Gasteiger partial charge in [-0.05, 0) is 30.7 Å². The molecule has 19 heavy (non-hydrogen) atoms. The summed E-state index contributed by atoms with van der Waals surface area (Å²) in [6.07, 6.45) is 0. The molecule has 0 spiro atoms. The molecule has 5 nitrogen and oxygen atoms in total. The zero-order chi connectivity index (χ0) is 14.4. The molecule has 0 unspecified atom stereocenters. The first-order valence-electron chi connectivity index (χ1n) is 5.83. The smallest absolute Gasteiger partial charge is 0.319 e. The second-order valence-corrected chi connectivity index (χ2v) is 4.22. The number of halogens is 1. The fourth-order valence-electron chi connectivity index (χ4n) is 1.43. The van der Waals surface area contributed by atoms with E-state index in [9.17, 15) is 14.0 Å². The molecule has 6 heteroatoms. The van der Waals surface area contributed by atoms with Gasteiger partial charge in [0, 0.05) is 12.2 Å². The van der Waals surface area contributed by atoms with Crippen LogP contribution in [0.1, 0.15) is 12.5 Å². The Morgan fingerprint density at radius 3 is 2.68 bits per heavy atom. The predicted octanol–water partition coefficient (Wildman–Crippen LogP) is 2.06. The maximum absolute atomic E-state index is 13.0. The molecule has 0 aromatic heterocycles.